The summed E-state index contributed by atoms with van der Waals surface area (Å²) in [6.07, 6.45) is 7.11. The first kappa shape index (κ1) is 12.3. The SMILES string of the molecule is CCCCOc1nc(NC)nc(-n2ccnc2)n1. The van der Waals surface area contributed by atoms with Crippen molar-refractivity contribution in [1.82, 2.24) is 24.5 Å². The Kier molecular flexibility index (Phi) is 4.06. The average Bonchev–Trinajstić information content (AvgIpc) is 2.92. The second kappa shape index (κ2) is 5.95. The van der Waals surface area contributed by atoms with Crippen LogP contribution in [-0.2, 0) is 0 Å². The average molecular weight is 248 g/mol. The molecule has 0 spiro atoms. The highest BCUT2D eigenvalue weighted by Gasteiger charge is 2.07. The maximum atomic E-state index is 5.49. The number of nitrogens with one attached hydrogen (secondary N) is 1. The third-order valence-electron chi connectivity index (χ3n) is 2.29. The number of ether oxygens (including phenoxy) is 1. The topological polar surface area (TPSA) is 77.8 Å². The first-order valence-corrected chi connectivity index (χ1v) is 5.88. The Hall–Kier alpha value is -2.18. The van der Waals surface area contributed by atoms with Crippen LogP contribution in [-0.4, -0.2) is 38.2 Å². The first-order valence-electron chi connectivity index (χ1n) is 5.88. The van der Waals surface area contributed by atoms with Gasteiger partial charge in [-0.05, 0) is 6.42 Å². The highest BCUT2D eigenvalue weighted by molar-refractivity contribution is 5.29. The van der Waals surface area contributed by atoms with Gasteiger partial charge in [0, 0.05) is 19.4 Å². The minimum absolute atomic E-state index is 0.325. The van der Waals surface area contributed by atoms with Gasteiger partial charge in [-0.15, -0.1) is 0 Å². The molecule has 0 aliphatic heterocycles. The highest BCUT2D eigenvalue weighted by Crippen LogP contribution is 2.10. The summed E-state index contributed by atoms with van der Waals surface area (Å²) in [4.78, 5) is 16.6. The van der Waals surface area contributed by atoms with Gasteiger partial charge in [0.2, 0.25) is 11.9 Å². The van der Waals surface area contributed by atoms with Crippen molar-refractivity contribution in [2.75, 3.05) is 19.0 Å². The largest absolute Gasteiger partial charge is 0.463 e. The van der Waals surface area contributed by atoms with Gasteiger partial charge < -0.3 is 10.1 Å². The van der Waals surface area contributed by atoms with E-state index >= 15 is 0 Å². The summed E-state index contributed by atoms with van der Waals surface area (Å²) in [6, 6.07) is 0.325. The van der Waals surface area contributed by atoms with Crippen molar-refractivity contribution >= 4 is 5.95 Å². The molecule has 0 aliphatic carbocycles. The summed E-state index contributed by atoms with van der Waals surface area (Å²) >= 11 is 0. The number of hydrogen-bond donors (Lipinski definition) is 1. The molecule has 0 bridgehead atoms. The standard InChI is InChI=1S/C11H16N6O/c1-3-4-7-18-11-15-9(12-2)14-10(16-11)17-6-5-13-8-17/h5-6,8H,3-4,7H2,1-2H3,(H,12,14,15,16). The molecule has 2 aromatic rings. The van der Waals surface area contributed by atoms with Gasteiger partial charge in [-0.25, -0.2) is 4.98 Å². The quantitative estimate of drug-likeness (QED) is 0.776. The number of imidazole rings is 1. The van der Waals surface area contributed by atoms with E-state index in [9.17, 15) is 0 Å². The highest BCUT2D eigenvalue weighted by atomic mass is 16.5. The van der Waals surface area contributed by atoms with Crippen LogP contribution in [0.5, 0.6) is 6.01 Å². The molecule has 0 aromatic carbocycles. The molecule has 7 heteroatoms. The lowest BCUT2D eigenvalue weighted by atomic mass is 10.4. The Labute approximate surface area is 105 Å². The Morgan fingerprint density at radius 1 is 1.33 bits per heavy atom. The molecule has 0 fully saturated rings. The van der Waals surface area contributed by atoms with E-state index in [1.807, 2.05) is 0 Å². The van der Waals surface area contributed by atoms with Crippen LogP contribution in [0.3, 0.4) is 0 Å². The van der Waals surface area contributed by atoms with Crippen molar-refractivity contribution in [3.63, 3.8) is 0 Å². The Bertz CT molecular complexity index is 484. The third-order valence-corrected chi connectivity index (χ3v) is 2.29. The molecule has 7 nitrogen and oxygen atoms in total. The summed E-state index contributed by atoms with van der Waals surface area (Å²) in [5.41, 5.74) is 0. The van der Waals surface area contributed by atoms with Crippen LogP contribution in [0, 0.1) is 0 Å². The lowest BCUT2D eigenvalue weighted by Gasteiger charge is -2.07. The van der Waals surface area contributed by atoms with Gasteiger partial charge in [0.15, 0.2) is 0 Å². The van der Waals surface area contributed by atoms with E-state index in [0.29, 0.717) is 24.5 Å². The molecule has 2 rings (SSSR count). The summed E-state index contributed by atoms with van der Waals surface area (Å²) in [6.45, 7) is 2.71. The summed E-state index contributed by atoms with van der Waals surface area (Å²) in [5.74, 6) is 0.957. The third kappa shape index (κ3) is 2.93. The maximum Gasteiger partial charge on any atom is 0.323 e. The lowest BCUT2D eigenvalue weighted by Crippen LogP contribution is -2.09. The van der Waals surface area contributed by atoms with Crippen molar-refractivity contribution in [2.24, 2.45) is 0 Å². The van der Waals surface area contributed by atoms with Gasteiger partial charge in [0.25, 0.3) is 0 Å². The fraction of sp³-hybridized carbons (Fsp3) is 0.455. The number of anilines is 1. The molecule has 0 saturated heterocycles. The van der Waals surface area contributed by atoms with Crippen molar-refractivity contribution < 1.29 is 4.74 Å². The van der Waals surface area contributed by atoms with E-state index in [1.54, 1.807) is 30.3 Å². The molecule has 18 heavy (non-hydrogen) atoms. The molecule has 2 heterocycles. The zero-order valence-corrected chi connectivity index (χ0v) is 10.5. The van der Waals surface area contributed by atoms with E-state index in [4.69, 9.17) is 4.74 Å². The maximum absolute atomic E-state index is 5.49. The Balaban J connectivity index is 2.22. The van der Waals surface area contributed by atoms with E-state index in [-0.39, 0.29) is 0 Å². The molecule has 0 saturated carbocycles. The second-order valence-electron chi connectivity index (χ2n) is 3.66. The first-order chi connectivity index (χ1) is 8.83. The molecule has 1 N–H and O–H groups in total. The number of nitrogens with zero attached hydrogens (tertiary/aromatic N) is 5. The predicted molar refractivity (Wildman–Crippen MR) is 66.9 cm³/mol. The summed E-state index contributed by atoms with van der Waals surface area (Å²) in [5, 5.41) is 2.88. The molecule has 0 aliphatic rings. The fourth-order valence-corrected chi connectivity index (χ4v) is 1.32. The zero-order chi connectivity index (χ0) is 12.8. The van der Waals surface area contributed by atoms with E-state index in [0.717, 1.165) is 12.8 Å². The van der Waals surface area contributed by atoms with Crippen molar-refractivity contribution in [1.29, 1.82) is 0 Å². The number of rotatable bonds is 6. The molecule has 2 aromatic heterocycles. The number of unbranched alkanes of at least 4 members (excludes halogenated alkanes) is 1. The van der Waals surface area contributed by atoms with Crippen molar-refractivity contribution in [3.8, 4) is 12.0 Å². The molecule has 0 radical (unpaired) electrons. The van der Waals surface area contributed by atoms with Crippen LogP contribution in [0.25, 0.3) is 5.95 Å². The van der Waals surface area contributed by atoms with Gasteiger partial charge in [-0.2, -0.15) is 15.0 Å². The number of hydrogen-bond acceptors (Lipinski definition) is 6. The van der Waals surface area contributed by atoms with Crippen molar-refractivity contribution in [2.45, 2.75) is 19.8 Å². The fourth-order valence-electron chi connectivity index (χ4n) is 1.32. The van der Waals surface area contributed by atoms with Gasteiger partial charge in [-0.1, -0.05) is 13.3 Å². The van der Waals surface area contributed by atoms with Gasteiger partial charge >= 0.3 is 6.01 Å². The monoisotopic (exact) mass is 248 g/mol. The predicted octanol–water partition coefficient (Wildman–Crippen LogP) is 1.28. The van der Waals surface area contributed by atoms with Crippen LogP contribution in [0.1, 0.15) is 19.8 Å². The molecule has 96 valence electrons. The Morgan fingerprint density at radius 2 is 2.22 bits per heavy atom. The van der Waals surface area contributed by atoms with Gasteiger partial charge in [0.05, 0.1) is 6.61 Å². The molecule has 0 atom stereocenters. The zero-order valence-electron chi connectivity index (χ0n) is 10.5. The molecular weight excluding hydrogens is 232 g/mol. The van der Waals surface area contributed by atoms with E-state index in [1.165, 1.54) is 0 Å². The minimum Gasteiger partial charge on any atom is -0.463 e. The molecule has 0 unspecified atom stereocenters. The normalized spacial score (nSPS) is 10.3. The van der Waals surface area contributed by atoms with Crippen molar-refractivity contribution in [3.05, 3.63) is 18.7 Å². The van der Waals surface area contributed by atoms with Crippen LogP contribution in [0.2, 0.25) is 0 Å². The van der Waals surface area contributed by atoms with E-state index < -0.39 is 0 Å². The van der Waals surface area contributed by atoms with Crippen LogP contribution >= 0.6 is 0 Å². The molecule has 0 amide bonds. The van der Waals surface area contributed by atoms with Gasteiger partial charge in [-0.3, -0.25) is 4.57 Å². The minimum atomic E-state index is 0.325. The second-order valence-corrected chi connectivity index (χ2v) is 3.66. The van der Waals surface area contributed by atoms with Crippen LogP contribution in [0.15, 0.2) is 18.7 Å². The van der Waals surface area contributed by atoms with Crippen LogP contribution in [0.4, 0.5) is 5.95 Å². The summed E-state index contributed by atoms with van der Waals surface area (Å²) < 4.78 is 7.20. The smallest absolute Gasteiger partial charge is 0.323 e. The number of aromatic nitrogens is 5. The Morgan fingerprint density at radius 3 is 2.89 bits per heavy atom. The van der Waals surface area contributed by atoms with Crippen LogP contribution < -0.4 is 10.1 Å². The summed E-state index contributed by atoms with van der Waals surface area (Å²) in [7, 11) is 1.75. The van der Waals surface area contributed by atoms with Gasteiger partial charge in [0.1, 0.15) is 6.33 Å². The lowest BCUT2D eigenvalue weighted by molar-refractivity contribution is 0.284. The molecular formula is C11H16N6O. The van der Waals surface area contributed by atoms with E-state index in [2.05, 4.69) is 32.2 Å².